The van der Waals surface area contributed by atoms with Crippen molar-refractivity contribution in [2.45, 2.75) is 51.0 Å². The zero-order valence-electron chi connectivity index (χ0n) is 14.2. The van der Waals surface area contributed by atoms with E-state index in [1.54, 1.807) is 18.2 Å². The second-order valence-corrected chi connectivity index (χ2v) is 8.17. The van der Waals surface area contributed by atoms with Crippen molar-refractivity contribution >= 4 is 17.6 Å². The molecule has 0 saturated heterocycles. The summed E-state index contributed by atoms with van der Waals surface area (Å²) in [6, 6.07) is 7.05. The number of carbonyl (C=O) groups is 1. The summed E-state index contributed by atoms with van der Waals surface area (Å²) >= 11 is 6.50. The topological polar surface area (TPSA) is 57.5 Å². The third kappa shape index (κ3) is 3.25. The molecule has 0 bridgehead atoms. The summed E-state index contributed by atoms with van der Waals surface area (Å²) in [5.74, 6) is 0.391. The highest BCUT2D eigenvalue weighted by Gasteiger charge is 2.50. The molecule has 3 nitrogen and oxygen atoms in total. The molecule has 0 aliphatic heterocycles. The Hall–Kier alpha value is -1.32. The highest BCUT2D eigenvalue weighted by atomic mass is 35.5. The molecule has 4 heteroatoms. The lowest BCUT2D eigenvalue weighted by atomic mass is 9.60. The fourth-order valence-electron chi connectivity index (χ4n) is 4.19. The van der Waals surface area contributed by atoms with Crippen LogP contribution in [0.1, 0.15) is 61.4 Å². The Morgan fingerprint density at radius 1 is 1.29 bits per heavy atom. The number of halogens is 1. The van der Waals surface area contributed by atoms with Crippen LogP contribution in [0.2, 0.25) is 0 Å². The molecular weight excluding hydrogens is 324 g/mol. The number of allylic oxidation sites excluding steroid dienone is 1. The third-order valence-electron chi connectivity index (χ3n) is 5.80. The van der Waals surface area contributed by atoms with Gasteiger partial charge in [0.2, 0.25) is 0 Å². The van der Waals surface area contributed by atoms with E-state index < -0.39 is 11.6 Å². The van der Waals surface area contributed by atoms with Crippen molar-refractivity contribution < 1.29 is 15.0 Å². The minimum atomic E-state index is -0.913. The molecule has 3 rings (SSSR count). The first-order valence-electron chi connectivity index (χ1n) is 8.73. The summed E-state index contributed by atoms with van der Waals surface area (Å²) in [5.41, 5.74) is 0.549. The summed E-state index contributed by atoms with van der Waals surface area (Å²) in [5, 5.41) is 20.9. The van der Waals surface area contributed by atoms with Crippen LogP contribution in [0.15, 0.2) is 35.4 Å². The van der Waals surface area contributed by atoms with Gasteiger partial charge in [-0.05, 0) is 61.1 Å². The van der Waals surface area contributed by atoms with Gasteiger partial charge in [0.15, 0.2) is 0 Å². The first kappa shape index (κ1) is 17.5. The molecule has 130 valence electrons. The van der Waals surface area contributed by atoms with Crippen molar-refractivity contribution in [3.05, 3.63) is 46.5 Å². The van der Waals surface area contributed by atoms with Gasteiger partial charge in [-0.1, -0.05) is 43.7 Å². The van der Waals surface area contributed by atoms with Crippen molar-refractivity contribution in [3.8, 4) is 0 Å². The minimum absolute atomic E-state index is 0.0214. The molecule has 0 spiro atoms. The monoisotopic (exact) mass is 348 g/mol. The molecule has 24 heavy (non-hydrogen) atoms. The van der Waals surface area contributed by atoms with E-state index in [1.807, 2.05) is 6.07 Å². The van der Waals surface area contributed by atoms with Gasteiger partial charge in [0.05, 0.1) is 11.2 Å². The lowest BCUT2D eigenvalue weighted by molar-refractivity contribution is -0.0887. The molecular formula is C20H25ClO3. The number of carboxylic acid groups (broad SMARTS) is 1. The van der Waals surface area contributed by atoms with Crippen LogP contribution in [0.3, 0.4) is 0 Å². The van der Waals surface area contributed by atoms with Crippen LogP contribution < -0.4 is 0 Å². The van der Waals surface area contributed by atoms with Crippen LogP contribution in [-0.2, 0) is 0 Å². The molecule has 0 amide bonds. The fourth-order valence-corrected chi connectivity index (χ4v) is 4.67. The van der Waals surface area contributed by atoms with Crippen LogP contribution in [0.5, 0.6) is 0 Å². The van der Waals surface area contributed by atoms with Crippen LogP contribution in [0, 0.1) is 17.8 Å². The van der Waals surface area contributed by atoms with Crippen LogP contribution >= 0.6 is 11.6 Å². The van der Waals surface area contributed by atoms with Gasteiger partial charge in [0, 0.05) is 11.0 Å². The van der Waals surface area contributed by atoms with E-state index in [4.69, 9.17) is 16.7 Å². The Morgan fingerprint density at radius 2 is 2.00 bits per heavy atom. The SMILES string of the molecule is CC(C)[C@H]1C=C(Cl)C(C2(O)CC(c3cccc(C(=O)O)c3)C2)CC1. The Balaban J connectivity index is 1.70. The summed E-state index contributed by atoms with van der Waals surface area (Å²) in [4.78, 5) is 11.1. The molecule has 2 aliphatic carbocycles. The predicted octanol–water partition coefficient (Wildman–Crippen LogP) is 4.80. The van der Waals surface area contributed by atoms with E-state index in [9.17, 15) is 9.90 Å². The van der Waals surface area contributed by atoms with Gasteiger partial charge < -0.3 is 10.2 Å². The Labute approximate surface area is 148 Å². The largest absolute Gasteiger partial charge is 0.478 e. The summed E-state index contributed by atoms with van der Waals surface area (Å²) in [6.45, 7) is 4.41. The average Bonchev–Trinajstić information content (AvgIpc) is 2.51. The molecule has 1 unspecified atom stereocenters. The highest BCUT2D eigenvalue weighted by molar-refractivity contribution is 6.30. The number of carboxylic acids is 1. The molecule has 2 N–H and O–H groups in total. The van der Waals surface area contributed by atoms with Gasteiger partial charge >= 0.3 is 5.97 Å². The summed E-state index contributed by atoms with van der Waals surface area (Å²) in [6.07, 6.45) is 5.43. The number of aliphatic hydroxyl groups is 1. The number of rotatable bonds is 4. The molecule has 2 aliphatic rings. The van der Waals surface area contributed by atoms with Gasteiger partial charge in [0.1, 0.15) is 0 Å². The van der Waals surface area contributed by atoms with Crippen LogP contribution in [0.4, 0.5) is 0 Å². The molecule has 1 fully saturated rings. The van der Waals surface area contributed by atoms with Crippen molar-refractivity contribution in [1.82, 2.24) is 0 Å². The van der Waals surface area contributed by atoms with E-state index >= 15 is 0 Å². The minimum Gasteiger partial charge on any atom is -0.478 e. The Kier molecular flexibility index (Phi) is 4.76. The van der Waals surface area contributed by atoms with E-state index in [1.165, 1.54) is 0 Å². The molecule has 0 heterocycles. The lowest BCUT2D eigenvalue weighted by Crippen LogP contribution is -2.50. The van der Waals surface area contributed by atoms with Gasteiger partial charge in [-0.25, -0.2) is 4.79 Å². The molecule has 0 aromatic heterocycles. The number of aromatic carboxylic acids is 1. The maximum Gasteiger partial charge on any atom is 0.335 e. The van der Waals surface area contributed by atoms with E-state index in [2.05, 4.69) is 19.9 Å². The number of hydrogen-bond donors (Lipinski definition) is 2. The fraction of sp³-hybridized carbons (Fsp3) is 0.550. The van der Waals surface area contributed by atoms with Gasteiger partial charge in [-0.2, -0.15) is 0 Å². The zero-order valence-corrected chi connectivity index (χ0v) is 15.0. The van der Waals surface area contributed by atoms with Crippen molar-refractivity contribution in [2.75, 3.05) is 0 Å². The normalized spacial score (nSPS) is 33.0. The third-order valence-corrected chi connectivity index (χ3v) is 6.19. The van der Waals surface area contributed by atoms with E-state index in [0.29, 0.717) is 30.2 Å². The van der Waals surface area contributed by atoms with Crippen molar-refractivity contribution in [3.63, 3.8) is 0 Å². The quantitative estimate of drug-likeness (QED) is 0.821. The van der Waals surface area contributed by atoms with Gasteiger partial charge in [-0.3, -0.25) is 0 Å². The lowest BCUT2D eigenvalue weighted by Gasteiger charge is -2.50. The first-order valence-corrected chi connectivity index (χ1v) is 9.11. The highest BCUT2D eigenvalue weighted by Crippen LogP contribution is 2.54. The first-order chi connectivity index (χ1) is 11.3. The van der Waals surface area contributed by atoms with E-state index in [-0.39, 0.29) is 11.8 Å². The van der Waals surface area contributed by atoms with Crippen LogP contribution in [0.25, 0.3) is 0 Å². The zero-order chi connectivity index (χ0) is 17.5. The Morgan fingerprint density at radius 3 is 2.58 bits per heavy atom. The maximum absolute atomic E-state index is 11.1. The second-order valence-electron chi connectivity index (χ2n) is 7.73. The average molecular weight is 349 g/mol. The smallest absolute Gasteiger partial charge is 0.335 e. The van der Waals surface area contributed by atoms with Crippen LogP contribution in [-0.4, -0.2) is 21.8 Å². The van der Waals surface area contributed by atoms with Gasteiger partial charge in [0.25, 0.3) is 0 Å². The van der Waals surface area contributed by atoms with Crippen molar-refractivity contribution in [2.24, 2.45) is 17.8 Å². The number of benzene rings is 1. The molecule has 1 saturated carbocycles. The summed E-state index contributed by atoms with van der Waals surface area (Å²) < 4.78 is 0. The number of hydrogen-bond acceptors (Lipinski definition) is 2. The predicted molar refractivity (Wildman–Crippen MR) is 95.3 cm³/mol. The summed E-state index contributed by atoms with van der Waals surface area (Å²) in [7, 11) is 0. The molecule has 1 aromatic carbocycles. The molecule has 1 aromatic rings. The van der Waals surface area contributed by atoms with Gasteiger partial charge in [-0.15, -0.1) is 0 Å². The molecule has 2 atom stereocenters. The maximum atomic E-state index is 11.1. The van der Waals surface area contributed by atoms with E-state index in [0.717, 1.165) is 23.4 Å². The molecule has 0 radical (unpaired) electrons. The standard InChI is InChI=1S/C20H25ClO3/c1-12(2)13-6-7-17(18(21)9-13)20(24)10-16(11-20)14-4-3-5-15(8-14)19(22)23/h3-5,8-9,12-13,16-17,24H,6-7,10-11H2,1-2H3,(H,22,23)/t13-,16?,17?,20?/m1/s1. The Bertz CT molecular complexity index is 659. The second kappa shape index (κ2) is 6.53. The van der Waals surface area contributed by atoms with Crippen molar-refractivity contribution in [1.29, 1.82) is 0 Å².